The average molecular weight is 405 g/mol. The summed E-state index contributed by atoms with van der Waals surface area (Å²) in [6, 6.07) is 10.2. The molecule has 5 heteroatoms. The van der Waals surface area contributed by atoms with E-state index in [1.807, 2.05) is 52.8 Å². The van der Waals surface area contributed by atoms with Gasteiger partial charge in [-0.2, -0.15) is 0 Å². The van der Waals surface area contributed by atoms with E-state index in [1.165, 1.54) is 23.9 Å². The molecule has 2 aromatic rings. The zero-order valence-electron chi connectivity index (χ0n) is 16.0. The summed E-state index contributed by atoms with van der Waals surface area (Å²) in [6.07, 6.45) is 0. The summed E-state index contributed by atoms with van der Waals surface area (Å²) in [7, 11) is 0. The van der Waals surface area contributed by atoms with Crippen LogP contribution in [0, 0.1) is 12.7 Å². The van der Waals surface area contributed by atoms with Crippen LogP contribution in [0.3, 0.4) is 0 Å². The van der Waals surface area contributed by atoms with Crippen molar-refractivity contribution >= 4 is 34.7 Å². The van der Waals surface area contributed by atoms with Gasteiger partial charge in [-0.05, 0) is 75.1 Å². The first kappa shape index (κ1) is 20.0. The van der Waals surface area contributed by atoms with Crippen molar-refractivity contribution in [2.45, 2.75) is 44.1 Å². The van der Waals surface area contributed by atoms with Gasteiger partial charge in [0.2, 0.25) is 0 Å². The van der Waals surface area contributed by atoms with Crippen LogP contribution >= 0.6 is 23.4 Å². The van der Waals surface area contributed by atoms with Crippen LogP contribution in [-0.4, -0.2) is 20.4 Å². The molecule has 0 spiro atoms. The minimum Gasteiger partial charge on any atom is -0.510 e. The lowest BCUT2D eigenvalue weighted by atomic mass is 9.86. The number of hydrogen-bond acceptors (Lipinski definition) is 3. The number of hydrogen-bond donors (Lipinski definition) is 1. The molecule has 1 heterocycles. The van der Waals surface area contributed by atoms with E-state index < -0.39 is 15.3 Å². The molecule has 1 aliphatic rings. The van der Waals surface area contributed by atoms with Gasteiger partial charge in [0.25, 0.3) is 0 Å². The molecule has 1 aliphatic heterocycles. The number of Topliss-reactive ketones (excluding diaryl/α,β-unsaturated/α-hetero) is 1. The van der Waals surface area contributed by atoms with Crippen LogP contribution in [0.1, 0.15) is 38.8 Å². The molecular formula is C22H22ClFO2S. The number of aliphatic hydroxyl groups is 1. The summed E-state index contributed by atoms with van der Waals surface area (Å²) in [4.78, 5) is 13.1. The van der Waals surface area contributed by atoms with E-state index in [2.05, 4.69) is 0 Å². The number of ketones is 1. The molecule has 0 bridgehead atoms. The zero-order chi connectivity index (χ0) is 20.1. The molecule has 0 saturated heterocycles. The largest absolute Gasteiger partial charge is 0.510 e. The van der Waals surface area contributed by atoms with Crippen molar-refractivity contribution in [2.24, 2.45) is 0 Å². The lowest BCUT2D eigenvalue weighted by Crippen LogP contribution is -2.41. The minimum absolute atomic E-state index is 0.0643. The molecule has 1 N–H and O–H groups in total. The van der Waals surface area contributed by atoms with Crippen molar-refractivity contribution < 1.29 is 14.3 Å². The first-order valence-corrected chi connectivity index (χ1v) is 9.88. The van der Waals surface area contributed by atoms with Crippen molar-refractivity contribution in [3.05, 3.63) is 64.1 Å². The second-order valence-corrected chi connectivity index (χ2v) is 10.5. The fourth-order valence-electron chi connectivity index (χ4n) is 3.44. The van der Waals surface area contributed by atoms with Crippen molar-refractivity contribution in [3.8, 4) is 11.1 Å². The van der Waals surface area contributed by atoms with E-state index in [0.29, 0.717) is 16.7 Å². The second-order valence-electron chi connectivity index (χ2n) is 7.83. The van der Waals surface area contributed by atoms with E-state index in [0.717, 1.165) is 11.1 Å². The fraction of sp³-hybridized carbons (Fsp3) is 0.318. The summed E-state index contributed by atoms with van der Waals surface area (Å²) >= 11 is 7.23. The Bertz CT molecular complexity index is 976. The van der Waals surface area contributed by atoms with Crippen LogP contribution < -0.4 is 0 Å². The van der Waals surface area contributed by atoms with Gasteiger partial charge in [-0.25, -0.2) is 4.39 Å². The minimum atomic E-state index is -0.653. The Balaban J connectivity index is 2.22. The first-order chi connectivity index (χ1) is 12.4. The maximum Gasteiger partial charge on any atom is 0.182 e. The highest BCUT2D eigenvalue weighted by atomic mass is 35.5. The summed E-state index contributed by atoms with van der Waals surface area (Å²) < 4.78 is 12.7. The third-order valence-electron chi connectivity index (χ3n) is 4.85. The van der Waals surface area contributed by atoms with Crippen LogP contribution in [-0.2, 0) is 4.79 Å². The van der Waals surface area contributed by atoms with Crippen LogP contribution in [0.25, 0.3) is 16.7 Å². The summed E-state index contributed by atoms with van der Waals surface area (Å²) in [5.74, 6) is -0.517. The summed E-state index contributed by atoms with van der Waals surface area (Å²) in [5.41, 5.74) is 3.31. The number of rotatable bonds is 2. The van der Waals surface area contributed by atoms with Gasteiger partial charge in [0, 0.05) is 0 Å². The molecule has 0 aromatic heterocycles. The Kier molecular flexibility index (Phi) is 4.94. The molecule has 0 atom stereocenters. The van der Waals surface area contributed by atoms with Gasteiger partial charge in [-0.1, -0.05) is 29.8 Å². The molecule has 2 nitrogen and oxygen atoms in total. The first-order valence-electron chi connectivity index (χ1n) is 8.69. The van der Waals surface area contributed by atoms with Crippen LogP contribution in [0.4, 0.5) is 4.39 Å². The number of aliphatic hydroxyl groups excluding tert-OH is 1. The molecule has 0 fully saturated rings. The standard InChI is InChI=1S/C22H22ClFO2S/c1-12-6-7-13(14-8-9-16(23)17(24)11-14)10-15(12)18-19(25)21(2,3)27-22(4,5)20(18)26/h6-11,25H,1-5H3. The van der Waals surface area contributed by atoms with Gasteiger partial charge in [0.15, 0.2) is 5.78 Å². The number of carbonyl (C=O) groups is 1. The maximum absolute atomic E-state index is 13.9. The molecule has 142 valence electrons. The van der Waals surface area contributed by atoms with Crippen LogP contribution in [0.15, 0.2) is 42.2 Å². The molecule has 0 saturated carbocycles. The van der Waals surface area contributed by atoms with Gasteiger partial charge >= 0.3 is 0 Å². The predicted octanol–water partition coefficient (Wildman–Crippen LogP) is 6.60. The monoisotopic (exact) mass is 404 g/mol. The van der Waals surface area contributed by atoms with Crippen LogP contribution in [0.2, 0.25) is 5.02 Å². The van der Waals surface area contributed by atoms with Crippen molar-refractivity contribution in [3.63, 3.8) is 0 Å². The highest BCUT2D eigenvalue weighted by Gasteiger charge is 2.46. The lowest BCUT2D eigenvalue weighted by Gasteiger charge is -2.39. The summed E-state index contributed by atoms with van der Waals surface area (Å²) in [6.45, 7) is 9.48. The second kappa shape index (κ2) is 6.68. The van der Waals surface area contributed by atoms with E-state index in [9.17, 15) is 14.3 Å². The predicted molar refractivity (Wildman–Crippen MR) is 112 cm³/mol. The number of aryl methyl sites for hydroxylation is 1. The Morgan fingerprint density at radius 1 is 1.00 bits per heavy atom. The van der Waals surface area contributed by atoms with E-state index >= 15 is 0 Å². The smallest absolute Gasteiger partial charge is 0.182 e. The summed E-state index contributed by atoms with van der Waals surface area (Å²) in [5, 5.41) is 10.9. The maximum atomic E-state index is 13.9. The highest BCUT2D eigenvalue weighted by molar-refractivity contribution is 8.03. The molecule has 3 rings (SSSR count). The van der Waals surface area contributed by atoms with Crippen molar-refractivity contribution in [1.29, 1.82) is 0 Å². The quantitative estimate of drug-likeness (QED) is 0.612. The lowest BCUT2D eigenvalue weighted by molar-refractivity contribution is -0.115. The number of carbonyl (C=O) groups excluding carboxylic acids is 1. The third-order valence-corrected chi connectivity index (χ3v) is 6.56. The van der Waals surface area contributed by atoms with Crippen molar-refractivity contribution in [2.75, 3.05) is 0 Å². The van der Waals surface area contributed by atoms with Crippen molar-refractivity contribution in [1.82, 2.24) is 0 Å². The Hall–Kier alpha value is -1.78. The Labute approximate surface area is 168 Å². The van der Waals surface area contributed by atoms with Gasteiger partial charge in [-0.15, -0.1) is 11.8 Å². The van der Waals surface area contributed by atoms with Gasteiger partial charge < -0.3 is 5.11 Å². The van der Waals surface area contributed by atoms with Gasteiger partial charge in [0.1, 0.15) is 11.6 Å². The molecule has 27 heavy (non-hydrogen) atoms. The Morgan fingerprint density at radius 2 is 1.59 bits per heavy atom. The molecule has 0 radical (unpaired) electrons. The normalized spacial score (nSPS) is 18.7. The number of thioether (sulfide) groups is 1. The topological polar surface area (TPSA) is 37.3 Å². The van der Waals surface area contributed by atoms with E-state index in [1.54, 1.807) is 6.07 Å². The Morgan fingerprint density at radius 3 is 2.22 bits per heavy atom. The average Bonchev–Trinajstić information content (AvgIpc) is 2.57. The zero-order valence-corrected chi connectivity index (χ0v) is 17.6. The SMILES string of the molecule is Cc1ccc(-c2ccc(Cl)c(F)c2)cc1C1=C(O)C(C)(C)SC(C)(C)C1=O. The molecular weight excluding hydrogens is 383 g/mol. The van der Waals surface area contributed by atoms with Gasteiger partial charge in [0.05, 0.1) is 20.1 Å². The molecule has 2 aromatic carbocycles. The highest BCUT2D eigenvalue weighted by Crippen LogP contribution is 2.50. The molecule has 0 amide bonds. The fourth-order valence-corrected chi connectivity index (χ4v) is 5.23. The number of halogens is 2. The van der Waals surface area contributed by atoms with Gasteiger partial charge in [-0.3, -0.25) is 4.79 Å². The third kappa shape index (κ3) is 3.53. The number of allylic oxidation sites excluding steroid dienone is 1. The van der Waals surface area contributed by atoms with E-state index in [-0.39, 0.29) is 16.6 Å². The van der Waals surface area contributed by atoms with E-state index in [4.69, 9.17) is 11.6 Å². The molecule has 0 unspecified atom stereocenters. The van der Waals surface area contributed by atoms with Crippen LogP contribution in [0.5, 0.6) is 0 Å². The molecule has 0 aliphatic carbocycles. The number of benzene rings is 2.